The van der Waals surface area contributed by atoms with Crippen LogP contribution in [0.25, 0.3) is 0 Å². The van der Waals surface area contributed by atoms with Crippen LogP contribution in [-0.4, -0.2) is 177 Å². The predicted octanol–water partition coefficient (Wildman–Crippen LogP) is -5.47. The van der Waals surface area contributed by atoms with Crippen molar-refractivity contribution in [2.45, 2.75) is 114 Å². The number of benzene rings is 1. The molecule has 0 aromatic heterocycles. The number of amides is 10. The second-order valence-electron chi connectivity index (χ2n) is 16.3. The number of aromatic hydroxyl groups is 1. The van der Waals surface area contributed by atoms with Crippen LogP contribution in [0.1, 0.15) is 58.4 Å². The Morgan fingerprint density at radius 2 is 1.07 bits per heavy atom. The summed E-state index contributed by atoms with van der Waals surface area (Å²) in [6.07, 6.45) is 0.321. The molecule has 0 spiro atoms. The molecule has 0 saturated carbocycles. The Morgan fingerprint density at radius 3 is 1.54 bits per heavy atom. The van der Waals surface area contributed by atoms with Gasteiger partial charge >= 0.3 is 5.97 Å². The van der Waals surface area contributed by atoms with Gasteiger partial charge in [-0.05, 0) is 80.2 Å². The third-order valence-electron chi connectivity index (χ3n) is 10.1. The van der Waals surface area contributed by atoms with Crippen molar-refractivity contribution in [3.05, 3.63) is 29.8 Å². The maximum atomic E-state index is 13.5. The maximum Gasteiger partial charge on any atom is 0.326 e. The highest BCUT2D eigenvalue weighted by atomic mass is 32.2. The van der Waals surface area contributed by atoms with Crippen molar-refractivity contribution < 1.29 is 73.2 Å². The molecule has 0 aliphatic rings. The van der Waals surface area contributed by atoms with Crippen LogP contribution in [0.4, 0.5) is 0 Å². The summed E-state index contributed by atoms with van der Waals surface area (Å²) in [4.78, 5) is 141. The molecule has 0 radical (unpaired) electrons. The van der Waals surface area contributed by atoms with Crippen LogP contribution in [0.5, 0.6) is 5.75 Å². The van der Waals surface area contributed by atoms with Crippen LogP contribution in [0.15, 0.2) is 24.3 Å². The van der Waals surface area contributed by atoms with E-state index in [1.165, 1.54) is 49.5 Å². The van der Waals surface area contributed by atoms with Gasteiger partial charge in [0.05, 0.1) is 31.7 Å². The Hall–Kier alpha value is -6.23. The summed E-state index contributed by atoms with van der Waals surface area (Å²) < 4.78 is 0. The Kier molecular flexibility index (Phi) is 28.1. The van der Waals surface area contributed by atoms with Crippen molar-refractivity contribution >= 4 is 88.6 Å². The van der Waals surface area contributed by atoms with Crippen LogP contribution < -0.4 is 59.7 Å². The number of nitrogens with one attached hydrogen (secondary N) is 8. The molecular formula is C42H67N11O15S2. The number of carbonyl (C=O) groups is 11. The fourth-order valence-corrected chi connectivity index (χ4v) is 7.14. The number of carboxylic acid groups (broad SMARTS) is 1. The lowest BCUT2D eigenvalue weighted by atomic mass is 10.0. The summed E-state index contributed by atoms with van der Waals surface area (Å²) in [6, 6.07) is -5.94. The molecule has 1 rings (SSSR count). The van der Waals surface area contributed by atoms with Gasteiger partial charge in [-0.1, -0.05) is 26.0 Å². The average molecular weight is 1030 g/mol. The fourth-order valence-electron chi connectivity index (χ4n) is 6.19. The molecule has 0 saturated heterocycles. The van der Waals surface area contributed by atoms with E-state index in [9.17, 15) is 73.2 Å². The van der Waals surface area contributed by atoms with Gasteiger partial charge in [-0.25, -0.2) is 4.79 Å². The number of aliphatic carboxylic acids is 1. The summed E-state index contributed by atoms with van der Waals surface area (Å²) >= 11 is 2.61. The van der Waals surface area contributed by atoms with Crippen LogP contribution >= 0.6 is 23.5 Å². The number of aliphatic hydroxyl groups is 2. The molecular weight excluding hydrogens is 963 g/mol. The molecule has 1 aromatic rings. The van der Waals surface area contributed by atoms with Crippen LogP contribution in [0.3, 0.4) is 0 Å². The summed E-state index contributed by atoms with van der Waals surface area (Å²) in [6.45, 7) is 2.25. The summed E-state index contributed by atoms with van der Waals surface area (Å²) in [5, 5.41) is 58.1. The van der Waals surface area contributed by atoms with Crippen molar-refractivity contribution in [1.29, 1.82) is 0 Å². The van der Waals surface area contributed by atoms with Crippen molar-refractivity contribution in [3.8, 4) is 5.75 Å². The Bertz CT molecular complexity index is 1980. The lowest BCUT2D eigenvalue weighted by molar-refractivity contribution is -0.143. The second-order valence-corrected chi connectivity index (χ2v) is 18.2. The third kappa shape index (κ3) is 22.9. The van der Waals surface area contributed by atoms with Crippen LogP contribution in [0.2, 0.25) is 0 Å². The molecule has 0 heterocycles. The number of carboxylic acids is 1. The van der Waals surface area contributed by atoms with Crippen molar-refractivity contribution in [2.75, 3.05) is 37.2 Å². The van der Waals surface area contributed by atoms with Crippen molar-refractivity contribution in [1.82, 2.24) is 42.5 Å². The SMILES string of the molecule is CSCC[C@H](NC(=O)[C@@H](NC(=O)CNC(=O)[C@H](CC(N)=O)NC(=O)[C@H](CCSC)NC(=O)[C@@H](N)Cc1ccc(O)cc1)[C@@H](C)O)C(=O)N[C@@H](CO)C(=O)N[C@@H](CCC(N)=O)C(=O)N[C@H](C(=O)O)C(C)C. The normalized spacial score (nSPS) is 14.9. The molecule has 1 aromatic carbocycles. The predicted molar refractivity (Wildman–Crippen MR) is 256 cm³/mol. The van der Waals surface area contributed by atoms with Gasteiger partial charge in [0, 0.05) is 6.42 Å². The minimum absolute atomic E-state index is 0.0101. The fraction of sp³-hybridized carbons (Fsp3) is 0.595. The molecule has 18 N–H and O–H groups in total. The monoisotopic (exact) mass is 1030 g/mol. The standard InChI is InChI=1S/C42H67N11O15S2/c1-20(2)33(42(67)68)53-39(64)25(10-11-30(44)57)48-40(65)29(19-54)51-38(63)27(13-15-70-5)49-41(66)34(21(3)55)52-32(59)18-46-36(61)28(17-31(45)58)50-37(62)26(12-14-69-4)47-35(60)24(43)16-22-6-8-23(56)9-7-22/h6-9,20-21,24-29,33-34,54-56H,10-19,43H2,1-5H3,(H2,44,57)(H2,45,58)(H,46,61)(H,47,60)(H,48,65)(H,49,66)(H,50,62)(H,51,63)(H,52,59)(H,53,64)(H,67,68)/t21-,24+,25+,26+,27+,28+,29+,33+,34+/m1/s1. The first-order valence-electron chi connectivity index (χ1n) is 21.8. The average Bonchev–Trinajstić information content (AvgIpc) is 3.29. The van der Waals surface area contributed by atoms with Gasteiger partial charge in [0.15, 0.2) is 0 Å². The van der Waals surface area contributed by atoms with E-state index in [-0.39, 0.29) is 37.2 Å². The number of phenolic OH excluding ortho intramolecular Hbond substituents is 1. The van der Waals surface area contributed by atoms with Crippen molar-refractivity contribution in [2.24, 2.45) is 23.1 Å². The van der Waals surface area contributed by atoms with Gasteiger partial charge < -0.3 is 80.2 Å². The zero-order chi connectivity index (χ0) is 53.2. The molecule has 28 heteroatoms. The van der Waals surface area contributed by atoms with E-state index in [2.05, 4.69) is 42.5 Å². The molecule has 0 unspecified atom stereocenters. The molecule has 26 nitrogen and oxygen atoms in total. The Labute approximate surface area is 412 Å². The molecule has 0 aliphatic heterocycles. The number of primary amides is 2. The van der Waals surface area contributed by atoms with Gasteiger partial charge in [0.25, 0.3) is 0 Å². The van der Waals surface area contributed by atoms with Gasteiger partial charge in [-0.2, -0.15) is 23.5 Å². The number of hydrogen-bond acceptors (Lipinski definition) is 17. The minimum atomic E-state index is -1.77. The van der Waals surface area contributed by atoms with E-state index in [0.29, 0.717) is 11.3 Å². The first-order valence-corrected chi connectivity index (χ1v) is 24.6. The van der Waals surface area contributed by atoms with E-state index >= 15 is 0 Å². The molecule has 10 amide bonds. The molecule has 70 heavy (non-hydrogen) atoms. The van der Waals surface area contributed by atoms with Gasteiger partial charge in [-0.3, -0.25) is 47.9 Å². The molecule has 392 valence electrons. The zero-order valence-electron chi connectivity index (χ0n) is 39.5. The highest BCUT2D eigenvalue weighted by molar-refractivity contribution is 7.98. The summed E-state index contributed by atoms with van der Waals surface area (Å²) in [7, 11) is 0. The number of nitrogens with two attached hydrogens (primary N) is 3. The topological polar surface area (TPSA) is 443 Å². The number of phenols is 1. The number of rotatable bonds is 33. The number of carbonyl (C=O) groups excluding carboxylic acids is 10. The van der Waals surface area contributed by atoms with Crippen LogP contribution in [0, 0.1) is 5.92 Å². The minimum Gasteiger partial charge on any atom is -0.508 e. The van der Waals surface area contributed by atoms with E-state index in [4.69, 9.17) is 17.2 Å². The quantitative estimate of drug-likeness (QED) is 0.0312. The van der Waals surface area contributed by atoms with Gasteiger partial charge in [0.1, 0.15) is 48.0 Å². The largest absolute Gasteiger partial charge is 0.508 e. The van der Waals surface area contributed by atoms with Gasteiger partial charge in [-0.15, -0.1) is 0 Å². The number of thioether (sulfide) groups is 2. The number of hydrogen-bond donors (Lipinski definition) is 15. The maximum absolute atomic E-state index is 13.5. The highest BCUT2D eigenvalue weighted by Crippen LogP contribution is 2.12. The molecule has 0 fully saturated rings. The van der Waals surface area contributed by atoms with Crippen molar-refractivity contribution in [3.63, 3.8) is 0 Å². The molecule has 0 aliphatic carbocycles. The number of aliphatic hydroxyl groups excluding tert-OH is 2. The van der Waals surface area contributed by atoms with Gasteiger partial charge in [0.2, 0.25) is 59.1 Å². The molecule has 9 atom stereocenters. The van der Waals surface area contributed by atoms with Crippen LogP contribution in [-0.2, 0) is 59.2 Å². The van der Waals surface area contributed by atoms with E-state index in [1.54, 1.807) is 24.6 Å². The first kappa shape index (κ1) is 61.8. The first-order chi connectivity index (χ1) is 32.8. The lowest BCUT2D eigenvalue weighted by Crippen LogP contribution is -2.61. The lowest BCUT2D eigenvalue weighted by Gasteiger charge is -2.27. The Balaban J connectivity index is 3.10. The van der Waals surface area contributed by atoms with E-state index in [1.807, 2.05) is 0 Å². The zero-order valence-corrected chi connectivity index (χ0v) is 41.1. The van der Waals surface area contributed by atoms with E-state index < -0.39 is 151 Å². The summed E-state index contributed by atoms with van der Waals surface area (Å²) in [5.41, 5.74) is 17.3. The molecule has 0 bridgehead atoms. The third-order valence-corrected chi connectivity index (χ3v) is 11.4. The summed E-state index contributed by atoms with van der Waals surface area (Å²) in [5.74, 6) is -11.2. The second kappa shape index (κ2) is 31.8. The highest BCUT2D eigenvalue weighted by Gasteiger charge is 2.35. The Morgan fingerprint density at radius 1 is 0.600 bits per heavy atom. The smallest absolute Gasteiger partial charge is 0.326 e. The van der Waals surface area contributed by atoms with E-state index in [0.717, 1.165) is 6.92 Å².